The van der Waals surface area contributed by atoms with Gasteiger partial charge in [-0.25, -0.2) is 0 Å². The minimum absolute atomic E-state index is 0.0338. The molecule has 0 aliphatic carbocycles. The van der Waals surface area contributed by atoms with Gasteiger partial charge in [-0.3, -0.25) is 14.9 Å². The van der Waals surface area contributed by atoms with E-state index in [4.69, 9.17) is 0 Å². The van der Waals surface area contributed by atoms with Crippen LogP contribution in [-0.4, -0.2) is 15.6 Å². The number of hydrogen-bond acceptors (Lipinski definition) is 4. The Labute approximate surface area is 116 Å². The summed E-state index contributed by atoms with van der Waals surface area (Å²) in [5.74, 6) is 0.0338. The van der Waals surface area contributed by atoms with Crippen LogP contribution in [0.1, 0.15) is 31.0 Å². The zero-order chi connectivity index (χ0) is 14.5. The maximum Gasteiger partial charge on any atom is 0.276 e. The second-order valence-corrected chi connectivity index (χ2v) is 5.60. The van der Waals surface area contributed by atoms with Crippen molar-refractivity contribution in [3.63, 3.8) is 0 Å². The molecule has 0 radical (unpaired) electrons. The quantitative estimate of drug-likeness (QED) is 0.581. The molecule has 1 unspecified atom stereocenters. The number of nitro groups is 1. The topological polar surface area (TPSA) is 63.5 Å². The van der Waals surface area contributed by atoms with Gasteiger partial charge in [0.05, 0.1) is 21.9 Å². The second-order valence-electron chi connectivity index (χ2n) is 5.60. The largest absolute Gasteiger partial charge is 0.346 e. The number of nitrogens with zero attached hydrogens (tertiary/aromatic N) is 2. The summed E-state index contributed by atoms with van der Waals surface area (Å²) in [7, 11) is 0. The van der Waals surface area contributed by atoms with Crippen molar-refractivity contribution in [2.24, 2.45) is 5.41 Å². The summed E-state index contributed by atoms with van der Waals surface area (Å²) in [5, 5.41) is 11.1. The predicted octanol–water partition coefficient (Wildman–Crippen LogP) is 3.04. The predicted molar refractivity (Wildman–Crippen MR) is 74.6 cm³/mol. The van der Waals surface area contributed by atoms with E-state index in [1.807, 2.05) is 24.8 Å². The zero-order valence-corrected chi connectivity index (χ0v) is 11.2. The summed E-state index contributed by atoms with van der Waals surface area (Å²) in [5.41, 5.74) is 0.874. The normalized spacial score (nSPS) is 22.4. The lowest BCUT2D eigenvalue weighted by atomic mass is 9.72. The standard InChI is InChI=1S/C15H14N2O3/c1-15(2)13(18)7-9-16-8-6-10-11(14(15)16)4-3-5-12(10)17(19)20/h3-9,14H,1-2H3. The molecule has 0 saturated carbocycles. The van der Waals surface area contributed by atoms with Crippen molar-refractivity contribution in [1.82, 2.24) is 4.90 Å². The monoisotopic (exact) mass is 270 g/mol. The lowest BCUT2D eigenvalue weighted by molar-refractivity contribution is -0.385. The number of carbonyl (C=O) groups is 1. The summed E-state index contributed by atoms with van der Waals surface area (Å²) >= 11 is 0. The fourth-order valence-electron chi connectivity index (χ4n) is 2.96. The molecule has 3 rings (SSSR count). The molecule has 0 N–H and O–H groups in total. The van der Waals surface area contributed by atoms with E-state index in [-0.39, 0.29) is 22.4 Å². The number of ketones is 1. The number of rotatable bonds is 1. The molecular weight excluding hydrogens is 256 g/mol. The van der Waals surface area contributed by atoms with Crippen LogP contribution in [0.5, 0.6) is 0 Å². The molecule has 102 valence electrons. The Morgan fingerprint density at radius 2 is 1.95 bits per heavy atom. The third kappa shape index (κ3) is 1.59. The summed E-state index contributed by atoms with van der Waals surface area (Å²) < 4.78 is 0. The van der Waals surface area contributed by atoms with Crippen LogP contribution in [0.15, 0.2) is 36.7 Å². The molecule has 1 aromatic rings. The van der Waals surface area contributed by atoms with E-state index in [2.05, 4.69) is 0 Å². The molecule has 2 aliphatic rings. The van der Waals surface area contributed by atoms with E-state index < -0.39 is 5.41 Å². The van der Waals surface area contributed by atoms with Gasteiger partial charge in [-0.15, -0.1) is 0 Å². The van der Waals surface area contributed by atoms with Gasteiger partial charge in [-0.05, 0) is 17.7 Å². The van der Waals surface area contributed by atoms with Gasteiger partial charge in [0.15, 0.2) is 5.78 Å². The van der Waals surface area contributed by atoms with E-state index in [0.717, 1.165) is 5.56 Å². The van der Waals surface area contributed by atoms with E-state index in [1.165, 1.54) is 6.07 Å². The summed E-state index contributed by atoms with van der Waals surface area (Å²) in [6.45, 7) is 3.75. The highest BCUT2D eigenvalue weighted by Gasteiger charge is 2.44. The molecule has 0 saturated heterocycles. The van der Waals surface area contributed by atoms with Crippen molar-refractivity contribution in [3.05, 3.63) is 57.9 Å². The van der Waals surface area contributed by atoms with Crippen LogP contribution in [0.3, 0.4) is 0 Å². The van der Waals surface area contributed by atoms with Gasteiger partial charge in [-0.2, -0.15) is 0 Å². The van der Waals surface area contributed by atoms with Crippen LogP contribution in [0.25, 0.3) is 6.08 Å². The average Bonchev–Trinajstić information content (AvgIpc) is 2.41. The van der Waals surface area contributed by atoms with Crippen LogP contribution < -0.4 is 0 Å². The van der Waals surface area contributed by atoms with Gasteiger partial charge in [0, 0.05) is 18.5 Å². The van der Waals surface area contributed by atoms with Crippen LogP contribution in [0.4, 0.5) is 5.69 Å². The summed E-state index contributed by atoms with van der Waals surface area (Å²) in [4.78, 5) is 24.8. The van der Waals surface area contributed by atoms with Crippen molar-refractivity contribution < 1.29 is 9.72 Å². The number of nitro benzene ring substituents is 1. The molecule has 2 aliphatic heterocycles. The number of benzene rings is 1. The Morgan fingerprint density at radius 1 is 1.25 bits per heavy atom. The van der Waals surface area contributed by atoms with Crippen LogP contribution in [0.2, 0.25) is 0 Å². The first-order chi connectivity index (χ1) is 9.43. The first-order valence-corrected chi connectivity index (χ1v) is 6.38. The van der Waals surface area contributed by atoms with Crippen molar-refractivity contribution in [2.45, 2.75) is 19.9 Å². The molecule has 5 heteroatoms. The molecule has 5 nitrogen and oxygen atoms in total. The molecule has 0 bridgehead atoms. The zero-order valence-electron chi connectivity index (χ0n) is 11.2. The van der Waals surface area contributed by atoms with Gasteiger partial charge in [0.2, 0.25) is 0 Å². The smallest absolute Gasteiger partial charge is 0.276 e. The molecular formula is C15H14N2O3. The first-order valence-electron chi connectivity index (χ1n) is 6.38. The van der Waals surface area contributed by atoms with Gasteiger partial charge >= 0.3 is 0 Å². The lowest BCUT2D eigenvalue weighted by Gasteiger charge is -2.44. The third-order valence-corrected chi connectivity index (χ3v) is 4.04. The molecule has 20 heavy (non-hydrogen) atoms. The van der Waals surface area contributed by atoms with Crippen molar-refractivity contribution in [2.75, 3.05) is 0 Å². The van der Waals surface area contributed by atoms with Gasteiger partial charge < -0.3 is 4.90 Å². The number of allylic oxidation sites excluding steroid dienone is 1. The van der Waals surface area contributed by atoms with E-state index in [9.17, 15) is 14.9 Å². The van der Waals surface area contributed by atoms with Crippen molar-refractivity contribution >= 4 is 17.5 Å². The van der Waals surface area contributed by atoms with Gasteiger partial charge in [-0.1, -0.05) is 26.0 Å². The van der Waals surface area contributed by atoms with Crippen LogP contribution in [-0.2, 0) is 4.79 Å². The van der Waals surface area contributed by atoms with Crippen molar-refractivity contribution in [1.29, 1.82) is 0 Å². The minimum Gasteiger partial charge on any atom is -0.346 e. The van der Waals surface area contributed by atoms with E-state index in [1.54, 1.807) is 30.6 Å². The first kappa shape index (κ1) is 12.6. The highest BCUT2D eigenvalue weighted by atomic mass is 16.6. The molecule has 0 amide bonds. The summed E-state index contributed by atoms with van der Waals surface area (Å²) in [6.07, 6.45) is 6.82. The number of hydrogen-bond donors (Lipinski definition) is 0. The van der Waals surface area contributed by atoms with Gasteiger partial charge in [0.25, 0.3) is 5.69 Å². The Kier molecular flexibility index (Phi) is 2.54. The Balaban J connectivity index is 2.24. The molecule has 0 aromatic heterocycles. The highest BCUT2D eigenvalue weighted by molar-refractivity contribution is 5.96. The lowest BCUT2D eigenvalue weighted by Crippen LogP contribution is -2.42. The summed E-state index contributed by atoms with van der Waals surface area (Å²) in [6, 6.07) is 4.82. The Hall–Kier alpha value is -2.43. The molecule has 0 spiro atoms. The average molecular weight is 270 g/mol. The molecule has 1 atom stereocenters. The fraction of sp³-hybridized carbons (Fsp3) is 0.267. The fourth-order valence-corrected chi connectivity index (χ4v) is 2.96. The Bertz CT molecular complexity index is 674. The van der Waals surface area contributed by atoms with Crippen molar-refractivity contribution in [3.8, 4) is 0 Å². The van der Waals surface area contributed by atoms with E-state index in [0.29, 0.717) is 5.56 Å². The number of fused-ring (bicyclic) bond motifs is 3. The van der Waals surface area contributed by atoms with Crippen LogP contribution in [0, 0.1) is 15.5 Å². The number of carbonyl (C=O) groups excluding carboxylic acids is 1. The minimum atomic E-state index is -0.622. The van der Waals surface area contributed by atoms with E-state index >= 15 is 0 Å². The highest BCUT2D eigenvalue weighted by Crippen LogP contribution is 2.47. The molecule has 2 heterocycles. The van der Waals surface area contributed by atoms with Crippen LogP contribution >= 0.6 is 0 Å². The maximum absolute atomic E-state index is 12.1. The third-order valence-electron chi connectivity index (χ3n) is 4.04. The molecule has 1 aromatic carbocycles. The molecule has 0 fully saturated rings. The maximum atomic E-state index is 12.1. The Morgan fingerprint density at radius 3 is 2.65 bits per heavy atom. The van der Waals surface area contributed by atoms with Gasteiger partial charge in [0.1, 0.15) is 0 Å². The second kappa shape index (κ2) is 4.03. The SMILES string of the molecule is CC1(C)C(=O)C=CN2C=Cc3c(cccc3[N+](=O)[O-])C21.